The fraction of sp³-hybridized carbons (Fsp3) is 0.0400. The number of para-hydroxylation sites is 3. The summed E-state index contributed by atoms with van der Waals surface area (Å²) >= 11 is 0. The fourth-order valence-corrected chi connectivity index (χ4v) is 8.11. The van der Waals surface area contributed by atoms with Crippen molar-refractivity contribution in [3.8, 4) is 16.8 Å². The number of nitrogens with zero attached hydrogens (tertiary/aromatic N) is 3. The molecule has 8 aromatic carbocycles. The number of fused-ring (bicyclic) bond motifs is 8. The van der Waals surface area contributed by atoms with Crippen LogP contribution in [-0.2, 0) is 6.42 Å². The van der Waals surface area contributed by atoms with E-state index >= 15 is 0 Å². The second kappa shape index (κ2) is 13.0. The summed E-state index contributed by atoms with van der Waals surface area (Å²) in [4.78, 5) is 4.80. The second-order valence-corrected chi connectivity index (χ2v) is 13.8. The highest BCUT2D eigenvalue weighted by molar-refractivity contribution is 6.11. The molecule has 1 aromatic heterocycles. The molecular formula is C50H37N3. The van der Waals surface area contributed by atoms with Gasteiger partial charge in [0.25, 0.3) is 0 Å². The van der Waals surface area contributed by atoms with Gasteiger partial charge in [-0.15, -0.1) is 0 Å². The molecule has 0 unspecified atom stereocenters. The van der Waals surface area contributed by atoms with Gasteiger partial charge in [0.1, 0.15) is 0 Å². The normalized spacial score (nSPS) is 13.2. The maximum atomic E-state index is 2.44. The number of anilines is 5. The standard InChI is InChI=1S/C50H37N3/c1-3-20-39(21-4-1)51-32-12-11-15-36-16-13-19-38(33-36)44-30-28-42(35-50(44)51)52(47-27-14-18-37-17-7-8-24-43(37)47)41-29-31-49-46(34-41)45-25-9-10-26-48(45)53(49)40-22-5-2-6-23-40/h1-10,12-14,16-35H,11,15H2/b32-12+. The zero-order valence-electron chi connectivity index (χ0n) is 29.3. The van der Waals surface area contributed by atoms with Crippen LogP contribution in [0.4, 0.5) is 28.4 Å². The predicted octanol–water partition coefficient (Wildman–Crippen LogP) is 13.7. The van der Waals surface area contributed by atoms with Gasteiger partial charge in [-0.25, -0.2) is 0 Å². The first kappa shape index (κ1) is 30.9. The van der Waals surface area contributed by atoms with E-state index in [0.29, 0.717) is 0 Å². The number of allylic oxidation sites excluding steroid dienone is 1. The summed E-state index contributed by atoms with van der Waals surface area (Å²) in [6.45, 7) is 0. The average Bonchev–Trinajstić information content (AvgIpc) is 3.55. The molecule has 1 aliphatic rings. The first-order valence-corrected chi connectivity index (χ1v) is 18.4. The highest BCUT2D eigenvalue weighted by Crippen LogP contribution is 2.46. The summed E-state index contributed by atoms with van der Waals surface area (Å²) in [5.41, 5.74) is 12.9. The van der Waals surface area contributed by atoms with Crippen LogP contribution in [0, 0.1) is 0 Å². The van der Waals surface area contributed by atoms with Crippen molar-refractivity contribution < 1.29 is 0 Å². The van der Waals surface area contributed by atoms with E-state index in [2.05, 4.69) is 215 Å². The van der Waals surface area contributed by atoms with Crippen LogP contribution >= 0.6 is 0 Å². The topological polar surface area (TPSA) is 11.4 Å². The van der Waals surface area contributed by atoms with Crippen LogP contribution in [0.1, 0.15) is 12.0 Å². The number of benzene rings is 8. The van der Waals surface area contributed by atoms with Crippen molar-refractivity contribution in [3.05, 3.63) is 206 Å². The van der Waals surface area contributed by atoms with Crippen molar-refractivity contribution in [3.63, 3.8) is 0 Å². The van der Waals surface area contributed by atoms with Crippen LogP contribution in [0.5, 0.6) is 0 Å². The molecular weight excluding hydrogens is 643 g/mol. The molecule has 0 radical (unpaired) electrons. The van der Waals surface area contributed by atoms with Crippen molar-refractivity contribution >= 4 is 61.0 Å². The summed E-state index contributed by atoms with van der Waals surface area (Å²) in [6.07, 6.45) is 6.55. The Bertz CT molecular complexity index is 2790. The zero-order valence-corrected chi connectivity index (χ0v) is 29.3. The van der Waals surface area contributed by atoms with Gasteiger partial charge < -0.3 is 14.4 Å². The van der Waals surface area contributed by atoms with Crippen LogP contribution in [-0.4, -0.2) is 4.57 Å². The first-order valence-electron chi connectivity index (χ1n) is 18.4. The van der Waals surface area contributed by atoms with Crippen molar-refractivity contribution in [2.45, 2.75) is 12.8 Å². The molecule has 0 saturated heterocycles. The molecule has 10 rings (SSSR count). The SMILES string of the molecule is C1=C/N(c2ccccc2)c2cc(N(c3ccc4c(c3)c3ccccc3n4-c3ccccc3)c3cccc4ccccc34)ccc2-c2cccc(c2)CC/1. The van der Waals surface area contributed by atoms with Gasteiger partial charge in [0.2, 0.25) is 0 Å². The van der Waals surface area contributed by atoms with Gasteiger partial charge in [0.05, 0.1) is 22.4 Å². The van der Waals surface area contributed by atoms with E-state index in [-0.39, 0.29) is 0 Å². The van der Waals surface area contributed by atoms with Gasteiger partial charge in [-0.1, -0.05) is 127 Å². The van der Waals surface area contributed by atoms with Gasteiger partial charge in [-0.3, -0.25) is 0 Å². The largest absolute Gasteiger partial charge is 0.317 e. The third-order valence-electron chi connectivity index (χ3n) is 10.6. The number of rotatable bonds is 5. The van der Waals surface area contributed by atoms with Gasteiger partial charge >= 0.3 is 0 Å². The Morgan fingerprint density at radius 1 is 0.472 bits per heavy atom. The molecule has 0 N–H and O–H groups in total. The lowest BCUT2D eigenvalue weighted by Crippen LogP contribution is -2.14. The van der Waals surface area contributed by atoms with E-state index < -0.39 is 0 Å². The Labute approximate surface area is 309 Å². The minimum absolute atomic E-state index is 0.973. The van der Waals surface area contributed by atoms with Crippen LogP contribution in [0.15, 0.2) is 200 Å². The molecule has 0 saturated carbocycles. The Balaban J connectivity index is 1.24. The monoisotopic (exact) mass is 679 g/mol. The van der Waals surface area contributed by atoms with Gasteiger partial charge in [0.15, 0.2) is 0 Å². The van der Waals surface area contributed by atoms with Crippen LogP contribution < -0.4 is 9.80 Å². The highest BCUT2D eigenvalue weighted by atomic mass is 15.2. The van der Waals surface area contributed by atoms with E-state index in [9.17, 15) is 0 Å². The molecule has 1 aliphatic heterocycles. The molecule has 0 fully saturated rings. The summed E-state index contributed by atoms with van der Waals surface area (Å²) in [7, 11) is 0. The molecule has 252 valence electrons. The lowest BCUT2D eigenvalue weighted by molar-refractivity contribution is 0.994. The van der Waals surface area contributed by atoms with E-state index in [4.69, 9.17) is 0 Å². The van der Waals surface area contributed by atoms with Crippen molar-refractivity contribution in [1.29, 1.82) is 0 Å². The maximum absolute atomic E-state index is 2.44. The summed E-state index contributed by atoms with van der Waals surface area (Å²) < 4.78 is 2.38. The number of aryl methyl sites for hydroxylation is 1. The molecule has 0 aliphatic carbocycles. The summed E-state index contributed by atoms with van der Waals surface area (Å²) in [5, 5.41) is 4.87. The van der Waals surface area contributed by atoms with Gasteiger partial charge in [0, 0.05) is 50.7 Å². The average molecular weight is 680 g/mol. The van der Waals surface area contributed by atoms with E-state index in [1.807, 2.05) is 0 Å². The summed E-state index contributed by atoms with van der Waals surface area (Å²) in [5.74, 6) is 0. The molecule has 0 amide bonds. The van der Waals surface area contributed by atoms with Crippen LogP contribution in [0.25, 0.3) is 49.4 Å². The predicted molar refractivity (Wildman–Crippen MR) is 224 cm³/mol. The van der Waals surface area contributed by atoms with Crippen molar-refractivity contribution in [2.75, 3.05) is 9.80 Å². The third-order valence-corrected chi connectivity index (χ3v) is 10.6. The van der Waals surface area contributed by atoms with Gasteiger partial charge in [-0.2, -0.15) is 0 Å². The van der Waals surface area contributed by atoms with Gasteiger partial charge in [-0.05, 0) is 96.1 Å². The number of aromatic nitrogens is 1. The Kier molecular flexibility index (Phi) is 7.62. The molecule has 0 atom stereocenters. The second-order valence-electron chi connectivity index (χ2n) is 13.8. The molecule has 3 nitrogen and oxygen atoms in total. The molecule has 9 aromatic rings. The van der Waals surface area contributed by atoms with E-state index in [0.717, 1.165) is 47.0 Å². The Morgan fingerprint density at radius 3 is 2.02 bits per heavy atom. The minimum Gasteiger partial charge on any atom is -0.317 e. The Morgan fingerprint density at radius 2 is 1.15 bits per heavy atom. The smallest absolute Gasteiger partial charge is 0.0554 e. The lowest BCUT2D eigenvalue weighted by Gasteiger charge is -2.30. The molecule has 3 heteroatoms. The zero-order chi connectivity index (χ0) is 35.1. The van der Waals surface area contributed by atoms with E-state index in [1.54, 1.807) is 0 Å². The molecule has 2 heterocycles. The maximum Gasteiger partial charge on any atom is 0.0554 e. The third kappa shape index (κ3) is 5.46. The number of hydrogen-bond donors (Lipinski definition) is 0. The minimum atomic E-state index is 0.973. The first-order chi connectivity index (χ1) is 26.3. The lowest BCUT2D eigenvalue weighted by atomic mass is 9.97. The highest BCUT2D eigenvalue weighted by Gasteiger charge is 2.22. The summed E-state index contributed by atoms with van der Waals surface area (Å²) in [6, 6.07) is 68.5. The Hall–Kier alpha value is -6.84. The van der Waals surface area contributed by atoms with Crippen molar-refractivity contribution in [2.24, 2.45) is 0 Å². The van der Waals surface area contributed by atoms with E-state index in [1.165, 1.54) is 49.3 Å². The quantitative estimate of drug-likeness (QED) is 0.179. The number of hydrogen-bond acceptors (Lipinski definition) is 2. The molecule has 2 bridgehead atoms. The van der Waals surface area contributed by atoms with Crippen molar-refractivity contribution in [1.82, 2.24) is 4.57 Å². The molecule has 53 heavy (non-hydrogen) atoms. The molecule has 0 spiro atoms. The van der Waals surface area contributed by atoms with Crippen LogP contribution in [0.2, 0.25) is 0 Å². The fourth-order valence-electron chi connectivity index (χ4n) is 8.11. The van der Waals surface area contributed by atoms with Crippen LogP contribution in [0.3, 0.4) is 0 Å².